The van der Waals surface area contributed by atoms with Crippen molar-refractivity contribution in [3.63, 3.8) is 0 Å². The smallest absolute Gasteiger partial charge is 0.0119 e. The molecule has 0 saturated carbocycles. The summed E-state index contributed by atoms with van der Waals surface area (Å²) in [6.07, 6.45) is 5.58. The number of allylic oxidation sites excluding steroid dienone is 4. The van der Waals surface area contributed by atoms with Crippen molar-refractivity contribution in [1.29, 1.82) is 0 Å². The van der Waals surface area contributed by atoms with E-state index in [9.17, 15) is 0 Å². The Morgan fingerprint density at radius 3 is 2.28 bits per heavy atom. The van der Waals surface area contributed by atoms with Crippen LogP contribution < -0.4 is 0 Å². The summed E-state index contributed by atoms with van der Waals surface area (Å²) in [5, 5.41) is 0. The normalized spacial score (nSPS) is 13.9. The Balaban J connectivity index is 3.35. The summed E-state index contributed by atoms with van der Waals surface area (Å²) in [5.41, 5.74) is 4.07. The van der Waals surface area contributed by atoms with E-state index in [2.05, 4.69) is 71.5 Å². The van der Waals surface area contributed by atoms with Crippen molar-refractivity contribution in [1.82, 2.24) is 0 Å². The molecule has 0 radical (unpaired) electrons. The van der Waals surface area contributed by atoms with Crippen LogP contribution in [0.5, 0.6) is 0 Å². The van der Waals surface area contributed by atoms with E-state index >= 15 is 0 Å². The van der Waals surface area contributed by atoms with Crippen molar-refractivity contribution >= 4 is 18.2 Å². The first-order valence-corrected chi connectivity index (χ1v) is 7.02. The number of hydrogen-bond donors (Lipinski definition) is 1. The highest BCUT2D eigenvalue weighted by molar-refractivity contribution is 7.80. The Morgan fingerprint density at radius 1 is 1.22 bits per heavy atom. The Bertz CT molecular complexity index is 459. The average Bonchev–Trinajstić information content (AvgIpc) is 2.30. The summed E-state index contributed by atoms with van der Waals surface area (Å²) < 4.78 is 0. The number of hydrogen-bond acceptors (Lipinski definition) is 1. The van der Waals surface area contributed by atoms with Crippen LogP contribution >= 0.6 is 12.6 Å². The van der Waals surface area contributed by atoms with Gasteiger partial charge in [0.05, 0.1) is 0 Å². The zero-order valence-corrected chi connectivity index (χ0v) is 13.0. The van der Waals surface area contributed by atoms with Gasteiger partial charge in [0.2, 0.25) is 0 Å². The molecule has 0 fully saturated rings. The lowest BCUT2D eigenvalue weighted by atomic mass is 9.79. The van der Waals surface area contributed by atoms with Crippen molar-refractivity contribution in [2.24, 2.45) is 5.41 Å². The van der Waals surface area contributed by atoms with Crippen LogP contribution in [0.3, 0.4) is 0 Å². The first-order chi connectivity index (χ1) is 8.41. The van der Waals surface area contributed by atoms with Gasteiger partial charge in [-0.3, -0.25) is 0 Å². The van der Waals surface area contributed by atoms with E-state index in [1.54, 1.807) is 0 Å². The predicted molar refractivity (Wildman–Crippen MR) is 85.2 cm³/mol. The zero-order chi connectivity index (χ0) is 13.8. The molecule has 0 spiro atoms. The topological polar surface area (TPSA) is 0 Å². The third-order valence-corrected chi connectivity index (χ3v) is 3.38. The fourth-order valence-corrected chi connectivity index (χ4v) is 2.46. The lowest BCUT2D eigenvalue weighted by molar-refractivity contribution is 0.518. The maximum atomic E-state index is 4.58. The van der Waals surface area contributed by atoms with Gasteiger partial charge in [0, 0.05) is 4.90 Å². The van der Waals surface area contributed by atoms with E-state index in [1.165, 1.54) is 16.7 Å². The van der Waals surface area contributed by atoms with Gasteiger partial charge in [0.25, 0.3) is 0 Å². The van der Waals surface area contributed by atoms with E-state index in [4.69, 9.17) is 0 Å². The molecule has 0 aliphatic rings. The summed E-state index contributed by atoms with van der Waals surface area (Å²) in [5.74, 6) is 0. The van der Waals surface area contributed by atoms with Gasteiger partial charge in [0.1, 0.15) is 0 Å². The minimum absolute atomic E-state index is 0.147. The summed E-state index contributed by atoms with van der Waals surface area (Å²) in [7, 11) is 0. The highest BCUT2D eigenvalue weighted by Crippen LogP contribution is 2.38. The van der Waals surface area contributed by atoms with Crippen molar-refractivity contribution in [2.75, 3.05) is 0 Å². The van der Waals surface area contributed by atoms with Crippen LogP contribution in [0.1, 0.15) is 46.6 Å². The molecule has 1 rings (SSSR count). The van der Waals surface area contributed by atoms with Gasteiger partial charge in [-0.05, 0) is 41.5 Å². The van der Waals surface area contributed by atoms with Crippen molar-refractivity contribution in [3.05, 3.63) is 47.6 Å². The Kier molecular flexibility index (Phi) is 5.28. The molecule has 1 aromatic carbocycles. The van der Waals surface area contributed by atoms with Crippen LogP contribution in [0.15, 0.2) is 46.9 Å². The molecule has 1 heteroatoms. The molecule has 18 heavy (non-hydrogen) atoms. The molecule has 0 aliphatic carbocycles. The molecular weight excluding hydrogens is 236 g/mol. The number of rotatable bonds is 3. The maximum absolute atomic E-state index is 4.58. The van der Waals surface area contributed by atoms with Crippen LogP contribution in [0.25, 0.3) is 5.57 Å². The van der Waals surface area contributed by atoms with Crippen molar-refractivity contribution in [2.45, 2.75) is 45.9 Å². The molecule has 0 amide bonds. The molecule has 0 aromatic heterocycles. The summed E-state index contributed by atoms with van der Waals surface area (Å²) in [6, 6.07) is 8.30. The Morgan fingerprint density at radius 2 is 1.83 bits per heavy atom. The minimum Gasteiger partial charge on any atom is -0.143 e. The van der Waals surface area contributed by atoms with Gasteiger partial charge in [-0.1, -0.05) is 58.0 Å². The second-order valence-corrected chi connectivity index (χ2v) is 5.98. The highest BCUT2D eigenvalue weighted by atomic mass is 32.1. The maximum Gasteiger partial charge on any atom is 0.0119 e. The molecule has 0 saturated heterocycles. The lowest BCUT2D eigenvalue weighted by Crippen LogP contribution is -2.11. The third-order valence-electron chi connectivity index (χ3n) is 2.99. The van der Waals surface area contributed by atoms with Gasteiger partial charge in [-0.15, -0.1) is 12.6 Å². The molecule has 98 valence electrons. The van der Waals surface area contributed by atoms with Gasteiger partial charge in [-0.2, -0.15) is 0 Å². The fourth-order valence-electron chi connectivity index (χ4n) is 2.18. The SMILES string of the molecule is C/C=C(\C(=C/CC)C(C)(C)C)c1ccccc1S. The predicted octanol–water partition coefficient (Wildman–Crippen LogP) is 5.76. The standard InChI is InChI=1S/C17H24S/c1-6-10-15(17(3,4)5)13(7-2)14-11-8-9-12-16(14)18/h7-12,18H,6H2,1-5H3/b13-7-,15-10+. The lowest BCUT2D eigenvalue weighted by Gasteiger charge is -2.26. The first-order valence-electron chi connectivity index (χ1n) is 6.57. The Hall–Kier alpha value is -0.950. The molecule has 0 nitrogen and oxygen atoms in total. The molecule has 0 bridgehead atoms. The van der Waals surface area contributed by atoms with Crippen LogP contribution in [0.2, 0.25) is 0 Å². The van der Waals surface area contributed by atoms with Crippen molar-refractivity contribution < 1.29 is 0 Å². The summed E-state index contributed by atoms with van der Waals surface area (Å²) in [6.45, 7) is 11.1. The molecule has 0 N–H and O–H groups in total. The van der Waals surface area contributed by atoms with Crippen molar-refractivity contribution in [3.8, 4) is 0 Å². The van der Waals surface area contributed by atoms with Crippen LogP contribution in [0, 0.1) is 5.41 Å². The van der Waals surface area contributed by atoms with Gasteiger partial charge >= 0.3 is 0 Å². The molecular formula is C17H24S. The van der Waals surface area contributed by atoms with E-state index in [-0.39, 0.29) is 5.41 Å². The summed E-state index contributed by atoms with van der Waals surface area (Å²) >= 11 is 4.58. The second kappa shape index (κ2) is 6.29. The van der Waals surface area contributed by atoms with E-state index in [0.717, 1.165) is 11.3 Å². The monoisotopic (exact) mass is 260 g/mol. The largest absolute Gasteiger partial charge is 0.143 e. The Labute approximate surface area is 117 Å². The van der Waals surface area contributed by atoms with Crippen LogP contribution in [-0.2, 0) is 0 Å². The number of thiol groups is 1. The van der Waals surface area contributed by atoms with Gasteiger partial charge in [-0.25, -0.2) is 0 Å². The van der Waals surface area contributed by atoms with Gasteiger partial charge in [0.15, 0.2) is 0 Å². The quantitative estimate of drug-likeness (QED) is 0.518. The van der Waals surface area contributed by atoms with Crippen LogP contribution in [-0.4, -0.2) is 0 Å². The molecule has 0 aliphatic heterocycles. The van der Waals surface area contributed by atoms with E-state index in [1.807, 2.05) is 12.1 Å². The van der Waals surface area contributed by atoms with Crippen LogP contribution in [0.4, 0.5) is 0 Å². The fraction of sp³-hybridized carbons (Fsp3) is 0.412. The van der Waals surface area contributed by atoms with E-state index in [0.29, 0.717) is 0 Å². The minimum atomic E-state index is 0.147. The highest BCUT2D eigenvalue weighted by Gasteiger charge is 2.21. The first kappa shape index (κ1) is 15.1. The molecule has 0 unspecified atom stereocenters. The molecule has 0 atom stereocenters. The second-order valence-electron chi connectivity index (χ2n) is 5.50. The molecule has 0 heterocycles. The molecule has 1 aromatic rings. The summed E-state index contributed by atoms with van der Waals surface area (Å²) in [4.78, 5) is 1.04. The average molecular weight is 260 g/mol. The van der Waals surface area contributed by atoms with E-state index < -0.39 is 0 Å². The third kappa shape index (κ3) is 3.52. The zero-order valence-electron chi connectivity index (χ0n) is 12.1. The number of benzene rings is 1. The van der Waals surface area contributed by atoms with Gasteiger partial charge < -0.3 is 0 Å².